The molecule has 0 aliphatic carbocycles. The summed E-state index contributed by atoms with van der Waals surface area (Å²) in [6.07, 6.45) is 1.75. The molecule has 0 saturated heterocycles. The number of hydrogen-bond acceptors (Lipinski definition) is 4. The molecule has 2 aromatic heterocycles. The zero-order chi connectivity index (χ0) is 17.3. The summed E-state index contributed by atoms with van der Waals surface area (Å²) in [7, 11) is 1.74. The number of rotatable bonds is 4. The minimum absolute atomic E-state index is 0.0749. The Hall–Kier alpha value is -2.60. The summed E-state index contributed by atoms with van der Waals surface area (Å²) in [6.45, 7) is 4.25. The van der Waals surface area contributed by atoms with Crippen LogP contribution in [0.1, 0.15) is 27.3 Å². The van der Waals surface area contributed by atoms with Crippen molar-refractivity contribution < 1.29 is 9.90 Å². The van der Waals surface area contributed by atoms with Gasteiger partial charge in [0.1, 0.15) is 5.75 Å². The van der Waals surface area contributed by atoms with Crippen molar-refractivity contribution in [3.8, 4) is 10.9 Å². The third kappa shape index (κ3) is 2.92. The first-order valence-electron chi connectivity index (χ1n) is 7.60. The molecular formula is C18H19N3O2S. The smallest absolute Gasteiger partial charge is 0.255 e. The van der Waals surface area contributed by atoms with Crippen LogP contribution in [-0.4, -0.2) is 32.5 Å². The third-order valence-corrected chi connectivity index (χ3v) is 4.77. The van der Waals surface area contributed by atoms with Gasteiger partial charge in [-0.25, -0.2) is 4.98 Å². The van der Waals surface area contributed by atoms with Crippen LogP contribution >= 0.6 is 11.3 Å². The molecule has 1 N–H and O–H groups in total. The van der Waals surface area contributed by atoms with Crippen molar-refractivity contribution in [2.24, 2.45) is 0 Å². The summed E-state index contributed by atoms with van der Waals surface area (Å²) in [5.74, 6) is 0.125. The van der Waals surface area contributed by atoms with Crippen molar-refractivity contribution in [1.82, 2.24) is 14.5 Å². The molecule has 3 aromatic rings. The van der Waals surface area contributed by atoms with Crippen molar-refractivity contribution in [3.63, 3.8) is 0 Å². The number of aromatic hydroxyl groups is 1. The maximum atomic E-state index is 12.8. The fourth-order valence-electron chi connectivity index (χ4n) is 2.78. The van der Waals surface area contributed by atoms with Crippen LogP contribution in [0.3, 0.4) is 0 Å². The molecule has 1 amide bonds. The predicted molar refractivity (Wildman–Crippen MR) is 94.8 cm³/mol. The number of para-hydroxylation sites is 1. The Morgan fingerprint density at radius 1 is 1.33 bits per heavy atom. The van der Waals surface area contributed by atoms with Gasteiger partial charge in [-0.3, -0.25) is 9.36 Å². The van der Waals surface area contributed by atoms with Gasteiger partial charge in [-0.1, -0.05) is 18.2 Å². The maximum Gasteiger partial charge on any atom is 0.255 e. The van der Waals surface area contributed by atoms with Crippen LogP contribution in [0, 0.1) is 13.8 Å². The number of nitrogens with zero attached hydrogens (tertiary/aromatic N) is 3. The second-order valence-corrected chi connectivity index (χ2v) is 6.60. The molecule has 1 aromatic carbocycles. The van der Waals surface area contributed by atoms with Crippen molar-refractivity contribution in [2.75, 3.05) is 7.05 Å². The Bertz CT molecular complexity index is 869. The first-order chi connectivity index (χ1) is 11.5. The summed E-state index contributed by atoms with van der Waals surface area (Å²) in [5, 5.41) is 12.7. The summed E-state index contributed by atoms with van der Waals surface area (Å²) >= 11 is 1.54. The Balaban J connectivity index is 1.88. The Morgan fingerprint density at radius 3 is 2.75 bits per heavy atom. The van der Waals surface area contributed by atoms with Crippen LogP contribution in [0.25, 0.3) is 5.13 Å². The van der Waals surface area contributed by atoms with Crippen molar-refractivity contribution in [1.29, 1.82) is 0 Å². The van der Waals surface area contributed by atoms with Crippen molar-refractivity contribution in [3.05, 3.63) is 64.4 Å². The Morgan fingerprint density at radius 2 is 2.08 bits per heavy atom. The Labute approximate surface area is 144 Å². The van der Waals surface area contributed by atoms with E-state index in [9.17, 15) is 9.90 Å². The van der Waals surface area contributed by atoms with Gasteiger partial charge in [0.05, 0.1) is 5.56 Å². The lowest BCUT2D eigenvalue weighted by Gasteiger charge is -2.18. The second kappa shape index (κ2) is 6.49. The van der Waals surface area contributed by atoms with Crippen LogP contribution in [0.4, 0.5) is 0 Å². The van der Waals surface area contributed by atoms with Gasteiger partial charge in [0.2, 0.25) is 0 Å². The monoisotopic (exact) mass is 341 g/mol. The van der Waals surface area contributed by atoms with E-state index < -0.39 is 0 Å². The number of carbonyl (C=O) groups is 1. The highest BCUT2D eigenvalue weighted by Gasteiger charge is 2.21. The van der Waals surface area contributed by atoms with E-state index in [-0.39, 0.29) is 11.7 Å². The molecule has 5 nitrogen and oxygen atoms in total. The standard InChI is InChI=1S/C18H19N3O2S/c1-12-10-15(13(2)21(12)18-19-8-9-24-18)17(23)20(3)11-14-6-4-5-7-16(14)22/h4-10,22H,11H2,1-3H3. The number of benzene rings is 1. The molecule has 3 rings (SSSR count). The Kier molecular flexibility index (Phi) is 4.40. The molecule has 0 bridgehead atoms. The first kappa shape index (κ1) is 16.3. The SMILES string of the molecule is Cc1cc(C(=O)N(C)Cc2ccccc2O)c(C)n1-c1nccs1. The van der Waals surface area contributed by atoms with Gasteiger partial charge in [0, 0.05) is 42.1 Å². The zero-order valence-electron chi connectivity index (χ0n) is 13.9. The quantitative estimate of drug-likeness (QED) is 0.790. The van der Waals surface area contributed by atoms with Gasteiger partial charge < -0.3 is 10.0 Å². The normalized spacial score (nSPS) is 10.8. The van der Waals surface area contributed by atoms with Crippen LogP contribution in [0.5, 0.6) is 5.75 Å². The summed E-state index contributed by atoms with van der Waals surface area (Å²) in [4.78, 5) is 18.8. The lowest BCUT2D eigenvalue weighted by atomic mass is 10.1. The molecule has 0 fully saturated rings. The molecule has 0 spiro atoms. The largest absolute Gasteiger partial charge is 0.508 e. The highest BCUT2D eigenvalue weighted by Crippen LogP contribution is 2.24. The number of amides is 1. The fourth-order valence-corrected chi connectivity index (χ4v) is 3.53. The highest BCUT2D eigenvalue weighted by atomic mass is 32.1. The average Bonchev–Trinajstić information content (AvgIpc) is 3.16. The van der Waals surface area contributed by atoms with E-state index in [4.69, 9.17) is 0 Å². The summed E-state index contributed by atoms with van der Waals surface area (Å²) in [6, 6.07) is 8.95. The highest BCUT2D eigenvalue weighted by molar-refractivity contribution is 7.12. The molecular weight excluding hydrogens is 322 g/mol. The van der Waals surface area contributed by atoms with Crippen LogP contribution in [0.15, 0.2) is 41.9 Å². The van der Waals surface area contributed by atoms with Gasteiger partial charge >= 0.3 is 0 Å². The number of hydrogen-bond donors (Lipinski definition) is 1. The molecule has 0 aliphatic rings. The lowest BCUT2D eigenvalue weighted by Crippen LogP contribution is -2.26. The van der Waals surface area contributed by atoms with Gasteiger partial charge in [-0.05, 0) is 26.0 Å². The van der Waals surface area contributed by atoms with Gasteiger partial charge in [0.25, 0.3) is 5.91 Å². The predicted octanol–water partition coefficient (Wildman–Crippen LogP) is 3.53. The zero-order valence-corrected chi connectivity index (χ0v) is 14.7. The summed E-state index contributed by atoms with van der Waals surface area (Å²) in [5.41, 5.74) is 3.22. The topological polar surface area (TPSA) is 58.4 Å². The van der Waals surface area contributed by atoms with Gasteiger partial charge in [0.15, 0.2) is 5.13 Å². The molecule has 0 radical (unpaired) electrons. The summed E-state index contributed by atoms with van der Waals surface area (Å²) < 4.78 is 1.99. The molecule has 0 aliphatic heterocycles. The number of phenolic OH excluding ortho intramolecular Hbond substituents is 1. The molecule has 2 heterocycles. The van der Waals surface area contributed by atoms with Gasteiger partial charge in [-0.2, -0.15) is 0 Å². The molecule has 124 valence electrons. The minimum atomic E-state index is -0.0749. The van der Waals surface area contributed by atoms with Crippen molar-refractivity contribution in [2.45, 2.75) is 20.4 Å². The number of phenols is 1. The number of aryl methyl sites for hydroxylation is 1. The van der Waals surface area contributed by atoms with Crippen LogP contribution in [-0.2, 0) is 6.54 Å². The molecule has 24 heavy (non-hydrogen) atoms. The number of carbonyl (C=O) groups excluding carboxylic acids is 1. The molecule has 0 atom stereocenters. The van der Waals surface area contributed by atoms with E-state index in [0.717, 1.165) is 22.1 Å². The lowest BCUT2D eigenvalue weighted by molar-refractivity contribution is 0.0783. The fraction of sp³-hybridized carbons (Fsp3) is 0.222. The van der Waals surface area contributed by atoms with E-state index in [1.165, 1.54) is 11.3 Å². The first-order valence-corrected chi connectivity index (χ1v) is 8.48. The van der Waals surface area contributed by atoms with E-state index in [1.807, 2.05) is 42.0 Å². The number of thiazole rings is 1. The second-order valence-electron chi connectivity index (χ2n) is 5.72. The molecule has 0 saturated carbocycles. The number of aromatic nitrogens is 2. The molecule has 0 unspecified atom stereocenters. The van der Waals surface area contributed by atoms with E-state index in [1.54, 1.807) is 30.3 Å². The third-order valence-electron chi connectivity index (χ3n) is 4.02. The van der Waals surface area contributed by atoms with E-state index >= 15 is 0 Å². The van der Waals surface area contributed by atoms with Crippen LogP contribution < -0.4 is 0 Å². The van der Waals surface area contributed by atoms with Gasteiger partial charge in [-0.15, -0.1) is 11.3 Å². The van der Waals surface area contributed by atoms with Crippen LogP contribution in [0.2, 0.25) is 0 Å². The van der Waals surface area contributed by atoms with E-state index in [0.29, 0.717) is 12.1 Å². The minimum Gasteiger partial charge on any atom is -0.508 e. The average molecular weight is 341 g/mol. The van der Waals surface area contributed by atoms with Crippen molar-refractivity contribution >= 4 is 17.2 Å². The molecule has 6 heteroatoms. The van der Waals surface area contributed by atoms with E-state index in [2.05, 4.69) is 4.98 Å². The maximum absolute atomic E-state index is 12.8.